The maximum absolute atomic E-state index is 12.3. The summed E-state index contributed by atoms with van der Waals surface area (Å²) in [5, 5.41) is 4.52. The lowest BCUT2D eigenvalue weighted by atomic mass is 10.1. The van der Waals surface area contributed by atoms with Crippen molar-refractivity contribution in [2.24, 2.45) is 0 Å². The van der Waals surface area contributed by atoms with Gasteiger partial charge in [-0.3, -0.25) is 9.52 Å². The van der Waals surface area contributed by atoms with Gasteiger partial charge < -0.3 is 5.32 Å². The Morgan fingerprint density at radius 3 is 2.31 bits per heavy atom. The van der Waals surface area contributed by atoms with Crippen LogP contribution in [0, 0.1) is 0 Å². The molecule has 2 N–H and O–H groups in total. The molecule has 1 heterocycles. The predicted molar refractivity (Wildman–Crippen MR) is 102 cm³/mol. The fourth-order valence-corrected chi connectivity index (χ4v) is 4.26. The van der Waals surface area contributed by atoms with E-state index in [0.29, 0.717) is 0 Å². The van der Waals surface area contributed by atoms with Crippen LogP contribution in [0.1, 0.15) is 29.0 Å². The van der Waals surface area contributed by atoms with Gasteiger partial charge in [-0.15, -0.1) is 11.3 Å². The Balaban J connectivity index is 1.69. The largest absolute Gasteiger partial charge is 0.344 e. The molecule has 0 saturated heterocycles. The topological polar surface area (TPSA) is 88.2 Å². The van der Waals surface area contributed by atoms with E-state index in [9.17, 15) is 13.2 Å². The summed E-state index contributed by atoms with van der Waals surface area (Å²) in [4.78, 5) is 16.6. The van der Waals surface area contributed by atoms with E-state index in [1.807, 2.05) is 37.3 Å². The number of anilines is 1. The lowest BCUT2D eigenvalue weighted by Gasteiger charge is -2.13. The van der Waals surface area contributed by atoms with Crippen LogP contribution >= 0.6 is 11.3 Å². The van der Waals surface area contributed by atoms with Gasteiger partial charge in [0.2, 0.25) is 0 Å². The molecular formula is C18H17N3O3S2. The molecule has 8 heteroatoms. The highest BCUT2D eigenvalue weighted by atomic mass is 32.2. The van der Waals surface area contributed by atoms with Crippen LogP contribution < -0.4 is 10.0 Å². The lowest BCUT2D eigenvalue weighted by molar-refractivity contribution is 0.0935. The van der Waals surface area contributed by atoms with Crippen molar-refractivity contribution in [1.82, 2.24) is 10.3 Å². The van der Waals surface area contributed by atoms with Gasteiger partial charge in [0, 0.05) is 5.38 Å². The predicted octanol–water partition coefficient (Wildman–Crippen LogP) is 3.43. The van der Waals surface area contributed by atoms with Gasteiger partial charge in [0.25, 0.3) is 15.9 Å². The van der Waals surface area contributed by atoms with Crippen molar-refractivity contribution in [3.8, 4) is 0 Å². The van der Waals surface area contributed by atoms with Gasteiger partial charge in [0.05, 0.1) is 10.9 Å². The maximum atomic E-state index is 12.3. The van der Waals surface area contributed by atoms with Crippen LogP contribution in [0.3, 0.4) is 0 Å². The van der Waals surface area contributed by atoms with Crippen LogP contribution in [0.25, 0.3) is 0 Å². The highest BCUT2D eigenvalue weighted by Crippen LogP contribution is 2.21. The van der Waals surface area contributed by atoms with Gasteiger partial charge >= 0.3 is 0 Å². The first kappa shape index (κ1) is 18.1. The Morgan fingerprint density at radius 2 is 1.65 bits per heavy atom. The first-order chi connectivity index (χ1) is 12.5. The van der Waals surface area contributed by atoms with E-state index in [1.165, 1.54) is 17.5 Å². The van der Waals surface area contributed by atoms with E-state index in [2.05, 4.69) is 15.0 Å². The summed E-state index contributed by atoms with van der Waals surface area (Å²) in [5.74, 6) is -0.359. The number of hydrogen-bond acceptors (Lipinski definition) is 5. The summed E-state index contributed by atoms with van der Waals surface area (Å²) in [7, 11) is -3.73. The van der Waals surface area contributed by atoms with Crippen molar-refractivity contribution in [3.63, 3.8) is 0 Å². The molecule has 0 aliphatic carbocycles. The van der Waals surface area contributed by atoms with Crippen molar-refractivity contribution in [3.05, 3.63) is 77.3 Å². The zero-order valence-corrected chi connectivity index (χ0v) is 15.5. The van der Waals surface area contributed by atoms with E-state index in [4.69, 9.17) is 0 Å². The van der Waals surface area contributed by atoms with Crippen LogP contribution in [0.15, 0.2) is 70.9 Å². The van der Waals surface area contributed by atoms with Crippen molar-refractivity contribution in [1.29, 1.82) is 0 Å². The highest BCUT2D eigenvalue weighted by molar-refractivity contribution is 7.93. The van der Waals surface area contributed by atoms with E-state index in [-0.39, 0.29) is 27.7 Å². The minimum absolute atomic E-state index is 0.138. The summed E-state index contributed by atoms with van der Waals surface area (Å²) in [6.45, 7) is 1.87. The molecule has 1 aromatic heterocycles. The second-order valence-corrected chi connectivity index (χ2v) is 8.10. The lowest BCUT2D eigenvalue weighted by Crippen LogP contribution is -2.27. The number of nitrogens with zero attached hydrogens (tertiary/aromatic N) is 1. The summed E-state index contributed by atoms with van der Waals surface area (Å²) < 4.78 is 27.0. The van der Waals surface area contributed by atoms with Crippen LogP contribution in [-0.2, 0) is 10.0 Å². The quantitative estimate of drug-likeness (QED) is 0.678. The first-order valence-corrected chi connectivity index (χ1v) is 10.2. The molecule has 2 aromatic carbocycles. The number of thiazole rings is 1. The smallest absolute Gasteiger partial charge is 0.271 e. The van der Waals surface area contributed by atoms with Crippen LogP contribution in [0.5, 0.6) is 0 Å². The molecule has 0 bridgehead atoms. The van der Waals surface area contributed by atoms with Crippen molar-refractivity contribution in [2.45, 2.75) is 17.9 Å². The Kier molecular flexibility index (Phi) is 5.34. The van der Waals surface area contributed by atoms with Gasteiger partial charge in [-0.2, -0.15) is 0 Å². The third kappa shape index (κ3) is 4.27. The molecule has 26 heavy (non-hydrogen) atoms. The third-order valence-corrected chi connectivity index (χ3v) is 5.90. The number of aromatic nitrogens is 1. The van der Waals surface area contributed by atoms with E-state index in [1.54, 1.807) is 18.2 Å². The van der Waals surface area contributed by atoms with Gasteiger partial charge in [0.15, 0.2) is 5.13 Å². The number of carbonyl (C=O) groups excluding carboxylic acids is 1. The van der Waals surface area contributed by atoms with E-state index < -0.39 is 10.0 Å². The van der Waals surface area contributed by atoms with Crippen molar-refractivity contribution in [2.75, 3.05) is 4.72 Å². The maximum Gasteiger partial charge on any atom is 0.271 e. The van der Waals surface area contributed by atoms with Crippen molar-refractivity contribution >= 4 is 32.4 Å². The molecule has 0 aliphatic rings. The summed E-state index contributed by atoms with van der Waals surface area (Å²) >= 11 is 1.06. The minimum Gasteiger partial charge on any atom is -0.344 e. The van der Waals surface area contributed by atoms with Gasteiger partial charge in [-0.1, -0.05) is 48.5 Å². The van der Waals surface area contributed by atoms with Gasteiger partial charge in [-0.25, -0.2) is 13.4 Å². The average Bonchev–Trinajstić information content (AvgIpc) is 3.11. The van der Waals surface area contributed by atoms with Gasteiger partial charge in [-0.05, 0) is 24.6 Å². The third-order valence-electron chi connectivity index (χ3n) is 3.66. The molecule has 6 nitrogen and oxygen atoms in total. The number of amides is 1. The zero-order chi connectivity index (χ0) is 18.6. The fourth-order valence-electron chi connectivity index (χ4n) is 2.29. The number of carbonyl (C=O) groups is 1. The molecule has 1 unspecified atom stereocenters. The molecule has 0 saturated carbocycles. The van der Waals surface area contributed by atoms with E-state index >= 15 is 0 Å². The van der Waals surface area contributed by atoms with E-state index in [0.717, 1.165) is 16.9 Å². The fraction of sp³-hybridized carbons (Fsp3) is 0.111. The van der Waals surface area contributed by atoms with Crippen LogP contribution in [-0.4, -0.2) is 19.3 Å². The van der Waals surface area contributed by atoms with Crippen LogP contribution in [0.4, 0.5) is 5.13 Å². The normalized spacial score (nSPS) is 12.3. The standard InChI is InChI=1S/C18H17N3O3S2/c1-13(14-8-4-2-5-9-14)19-17(22)16-12-25-18(20-16)21-26(23,24)15-10-6-3-7-11-15/h2-13H,1H3,(H,19,22)(H,20,21). The number of rotatable bonds is 6. The minimum atomic E-state index is -3.73. The van der Waals surface area contributed by atoms with Gasteiger partial charge in [0.1, 0.15) is 5.69 Å². The molecule has 0 aliphatic heterocycles. The molecule has 3 aromatic rings. The second-order valence-electron chi connectivity index (χ2n) is 5.56. The monoisotopic (exact) mass is 387 g/mol. The highest BCUT2D eigenvalue weighted by Gasteiger charge is 2.18. The second kappa shape index (κ2) is 7.67. The van der Waals surface area contributed by atoms with Crippen LogP contribution in [0.2, 0.25) is 0 Å². The molecule has 134 valence electrons. The molecule has 0 fully saturated rings. The number of nitrogens with one attached hydrogen (secondary N) is 2. The Morgan fingerprint density at radius 1 is 1.04 bits per heavy atom. The number of hydrogen-bond donors (Lipinski definition) is 2. The summed E-state index contributed by atoms with van der Waals surface area (Å²) in [6, 6.07) is 17.4. The number of sulfonamides is 1. The number of benzene rings is 2. The first-order valence-electron chi connectivity index (χ1n) is 7.85. The Bertz CT molecular complexity index is 987. The Hall–Kier alpha value is -2.71. The molecule has 0 spiro atoms. The summed E-state index contributed by atoms with van der Waals surface area (Å²) in [6.07, 6.45) is 0. The Labute approximate surface area is 156 Å². The molecule has 3 rings (SSSR count). The van der Waals surface area contributed by atoms with Crippen molar-refractivity contribution < 1.29 is 13.2 Å². The molecule has 1 atom stereocenters. The average molecular weight is 387 g/mol. The SMILES string of the molecule is CC(NC(=O)c1csc(NS(=O)(=O)c2ccccc2)n1)c1ccccc1. The zero-order valence-electron chi connectivity index (χ0n) is 13.9. The molecule has 0 radical (unpaired) electrons. The molecule has 1 amide bonds. The summed E-state index contributed by atoms with van der Waals surface area (Å²) in [5.41, 5.74) is 1.14. The molecular weight excluding hydrogens is 370 g/mol.